The van der Waals surface area contributed by atoms with Gasteiger partial charge in [0.2, 0.25) is 0 Å². The SMILES string of the molecule is CC(OCC1CCNC1)c1ccc[nH]1.Cl. The maximum absolute atomic E-state index is 5.80. The van der Waals surface area contributed by atoms with Crippen LogP contribution in [0.25, 0.3) is 0 Å². The van der Waals surface area contributed by atoms with E-state index in [-0.39, 0.29) is 18.5 Å². The highest BCUT2D eigenvalue weighted by atomic mass is 35.5. The van der Waals surface area contributed by atoms with Crippen molar-refractivity contribution in [3.63, 3.8) is 0 Å². The third kappa shape index (κ3) is 3.52. The summed E-state index contributed by atoms with van der Waals surface area (Å²) in [7, 11) is 0. The largest absolute Gasteiger partial charge is 0.372 e. The van der Waals surface area contributed by atoms with Crippen molar-refractivity contribution >= 4 is 12.4 Å². The zero-order valence-corrected chi connectivity index (χ0v) is 9.85. The van der Waals surface area contributed by atoms with Gasteiger partial charge in [-0.2, -0.15) is 0 Å². The summed E-state index contributed by atoms with van der Waals surface area (Å²) >= 11 is 0. The Labute approximate surface area is 97.0 Å². The molecule has 2 atom stereocenters. The number of aromatic nitrogens is 1. The van der Waals surface area contributed by atoms with Crippen LogP contribution in [0.15, 0.2) is 18.3 Å². The summed E-state index contributed by atoms with van der Waals surface area (Å²) in [5, 5.41) is 3.34. The fourth-order valence-electron chi connectivity index (χ4n) is 1.82. The molecule has 86 valence electrons. The Morgan fingerprint density at radius 1 is 1.60 bits per heavy atom. The molecule has 2 N–H and O–H groups in total. The van der Waals surface area contributed by atoms with Crippen LogP contribution < -0.4 is 5.32 Å². The zero-order chi connectivity index (χ0) is 9.80. The molecule has 0 aliphatic carbocycles. The van der Waals surface area contributed by atoms with Crippen LogP contribution in [0.1, 0.15) is 25.1 Å². The minimum Gasteiger partial charge on any atom is -0.372 e. The summed E-state index contributed by atoms with van der Waals surface area (Å²) in [5.41, 5.74) is 1.16. The van der Waals surface area contributed by atoms with Crippen LogP contribution in [0.4, 0.5) is 0 Å². The Morgan fingerprint density at radius 3 is 3.07 bits per heavy atom. The van der Waals surface area contributed by atoms with E-state index in [0.717, 1.165) is 25.4 Å². The highest BCUT2D eigenvalue weighted by Crippen LogP contribution is 2.17. The molecule has 1 aromatic heterocycles. The Balaban J connectivity index is 0.00000112. The van der Waals surface area contributed by atoms with Crippen molar-refractivity contribution < 1.29 is 4.74 Å². The number of nitrogens with one attached hydrogen (secondary N) is 2. The lowest BCUT2D eigenvalue weighted by Gasteiger charge is -2.14. The van der Waals surface area contributed by atoms with Crippen molar-refractivity contribution in [2.24, 2.45) is 5.92 Å². The van der Waals surface area contributed by atoms with E-state index in [1.54, 1.807) is 0 Å². The number of ether oxygens (including phenoxy) is 1. The van der Waals surface area contributed by atoms with Crippen molar-refractivity contribution in [1.29, 1.82) is 0 Å². The summed E-state index contributed by atoms with van der Waals surface area (Å²) in [4.78, 5) is 3.17. The molecule has 4 heteroatoms. The van der Waals surface area contributed by atoms with Gasteiger partial charge in [0.1, 0.15) is 0 Å². The average Bonchev–Trinajstić information content (AvgIpc) is 2.87. The summed E-state index contributed by atoms with van der Waals surface area (Å²) in [6.45, 7) is 5.21. The highest BCUT2D eigenvalue weighted by molar-refractivity contribution is 5.85. The molecule has 15 heavy (non-hydrogen) atoms. The van der Waals surface area contributed by atoms with Crippen molar-refractivity contribution in [3.05, 3.63) is 24.0 Å². The zero-order valence-electron chi connectivity index (χ0n) is 9.03. The van der Waals surface area contributed by atoms with Gasteiger partial charge in [0, 0.05) is 18.4 Å². The smallest absolute Gasteiger partial charge is 0.0944 e. The van der Waals surface area contributed by atoms with Gasteiger partial charge < -0.3 is 15.0 Å². The molecule has 2 rings (SSSR count). The molecule has 1 fully saturated rings. The van der Waals surface area contributed by atoms with Crippen molar-refractivity contribution in [3.8, 4) is 0 Å². The van der Waals surface area contributed by atoms with Crippen molar-refractivity contribution in [2.75, 3.05) is 19.7 Å². The molecule has 0 saturated carbocycles. The molecule has 0 spiro atoms. The molecule has 0 radical (unpaired) electrons. The summed E-state index contributed by atoms with van der Waals surface area (Å²) in [6, 6.07) is 4.07. The molecule has 0 amide bonds. The molecule has 1 aliphatic heterocycles. The predicted octanol–water partition coefficient (Wildman–Crippen LogP) is 2.12. The van der Waals surface area contributed by atoms with E-state index in [0.29, 0.717) is 5.92 Å². The molecule has 0 aromatic carbocycles. The number of hydrogen-bond acceptors (Lipinski definition) is 2. The first-order valence-corrected chi connectivity index (χ1v) is 5.32. The van der Waals surface area contributed by atoms with E-state index in [1.807, 2.05) is 12.3 Å². The quantitative estimate of drug-likeness (QED) is 0.832. The van der Waals surface area contributed by atoms with Gasteiger partial charge in [-0.15, -0.1) is 12.4 Å². The highest BCUT2D eigenvalue weighted by Gasteiger charge is 2.16. The molecular weight excluding hydrogens is 212 g/mol. The van der Waals surface area contributed by atoms with E-state index in [9.17, 15) is 0 Å². The van der Waals surface area contributed by atoms with E-state index in [2.05, 4.69) is 23.3 Å². The number of aromatic amines is 1. The summed E-state index contributed by atoms with van der Waals surface area (Å²) in [6.07, 6.45) is 3.37. The van der Waals surface area contributed by atoms with Gasteiger partial charge >= 0.3 is 0 Å². The minimum absolute atomic E-state index is 0. The fraction of sp³-hybridized carbons (Fsp3) is 0.636. The van der Waals surface area contributed by atoms with Gasteiger partial charge in [0.15, 0.2) is 0 Å². The molecule has 1 saturated heterocycles. The van der Waals surface area contributed by atoms with Crippen LogP contribution in [0.5, 0.6) is 0 Å². The third-order valence-electron chi connectivity index (χ3n) is 2.80. The van der Waals surface area contributed by atoms with Gasteiger partial charge in [-0.3, -0.25) is 0 Å². The lowest BCUT2D eigenvalue weighted by atomic mass is 10.1. The number of rotatable bonds is 4. The number of halogens is 1. The summed E-state index contributed by atoms with van der Waals surface area (Å²) in [5.74, 6) is 0.701. The summed E-state index contributed by atoms with van der Waals surface area (Å²) < 4.78 is 5.80. The van der Waals surface area contributed by atoms with Crippen LogP contribution in [-0.4, -0.2) is 24.7 Å². The van der Waals surface area contributed by atoms with Crippen LogP contribution >= 0.6 is 12.4 Å². The molecule has 1 aliphatic rings. The lowest BCUT2D eigenvalue weighted by molar-refractivity contribution is 0.0413. The van der Waals surface area contributed by atoms with E-state index in [4.69, 9.17) is 4.74 Å². The molecule has 2 heterocycles. The molecule has 2 unspecified atom stereocenters. The molecule has 0 bridgehead atoms. The maximum atomic E-state index is 5.80. The standard InChI is InChI=1S/C11H18N2O.ClH/c1-9(11-3-2-5-13-11)14-8-10-4-6-12-7-10;/h2-3,5,9-10,12-13H,4,6-8H2,1H3;1H. The van der Waals surface area contributed by atoms with Crippen LogP contribution in [0, 0.1) is 5.92 Å². The fourth-order valence-corrected chi connectivity index (χ4v) is 1.82. The molecule has 1 aromatic rings. The second-order valence-electron chi connectivity index (χ2n) is 3.96. The Bertz CT molecular complexity index is 258. The third-order valence-corrected chi connectivity index (χ3v) is 2.80. The number of hydrogen-bond donors (Lipinski definition) is 2. The molecule has 3 nitrogen and oxygen atoms in total. The molecular formula is C11H19ClN2O. The second-order valence-corrected chi connectivity index (χ2v) is 3.96. The van der Waals surface area contributed by atoms with Crippen LogP contribution in [0.2, 0.25) is 0 Å². The van der Waals surface area contributed by atoms with Gasteiger partial charge in [0.05, 0.1) is 12.7 Å². The monoisotopic (exact) mass is 230 g/mol. The lowest BCUT2D eigenvalue weighted by Crippen LogP contribution is -2.15. The normalized spacial score (nSPS) is 22.3. The van der Waals surface area contributed by atoms with Crippen LogP contribution in [-0.2, 0) is 4.74 Å². The van der Waals surface area contributed by atoms with Gasteiger partial charge in [-0.25, -0.2) is 0 Å². The number of H-pyrrole nitrogens is 1. The van der Waals surface area contributed by atoms with Crippen molar-refractivity contribution in [1.82, 2.24) is 10.3 Å². The first-order chi connectivity index (χ1) is 6.86. The topological polar surface area (TPSA) is 37.0 Å². The van der Waals surface area contributed by atoms with Crippen molar-refractivity contribution in [2.45, 2.75) is 19.4 Å². The van der Waals surface area contributed by atoms with E-state index >= 15 is 0 Å². The first-order valence-electron chi connectivity index (χ1n) is 5.32. The van der Waals surface area contributed by atoms with Crippen LogP contribution in [0.3, 0.4) is 0 Å². The average molecular weight is 231 g/mol. The Morgan fingerprint density at radius 2 is 2.47 bits per heavy atom. The second kappa shape index (κ2) is 6.16. The maximum Gasteiger partial charge on any atom is 0.0944 e. The Hall–Kier alpha value is -0.510. The minimum atomic E-state index is 0. The van der Waals surface area contributed by atoms with Gasteiger partial charge in [-0.05, 0) is 37.9 Å². The predicted molar refractivity (Wildman–Crippen MR) is 63.4 cm³/mol. The van der Waals surface area contributed by atoms with E-state index < -0.39 is 0 Å². The van der Waals surface area contributed by atoms with Gasteiger partial charge in [-0.1, -0.05) is 0 Å². The Kier molecular flexibility index (Phi) is 5.15. The van der Waals surface area contributed by atoms with E-state index in [1.165, 1.54) is 6.42 Å². The van der Waals surface area contributed by atoms with Gasteiger partial charge in [0.25, 0.3) is 0 Å². The first kappa shape index (κ1) is 12.6.